The number of ketones is 1. The molecule has 0 aliphatic heterocycles. The number of rotatable bonds is 31. The van der Waals surface area contributed by atoms with E-state index < -0.39 is 102 Å². The van der Waals surface area contributed by atoms with Crippen molar-refractivity contribution in [1.82, 2.24) is 42.1 Å². The SMILES string of the molecule is CCCCCCc1ccc(C(=O)NC(COCC(C)C)C(=O)NC(C)C(=O)NCC(=O)N(C)C(C(=O)NC(C)C(=O)NC(CC(C)C)C(=O)NC(C)C(=O)C(=O)NC)C(C)OCC(C)C)cc1. The second-order valence-electron chi connectivity index (χ2n) is 18.4. The fraction of sp³-hybridized carbons (Fsp3) is 0.688. The zero-order chi connectivity index (χ0) is 51.0. The molecule has 19 heteroatoms. The second-order valence-corrected chi connectivity index (χ2v) is 18.4. The number of ether oxygens (including phenoxy) is 2. The molecule has 0 heterocycles. The summed E-state index contributed by atoms with van der Waals surface area (Å²) in [6.07, 6.45) is 4.68. The summed E-state index contributed by atoms with van der Waals surface area (Å²) < 4.78 is 11.6. The Bertz CT molecular complexity index is 1790. The van der Waals surface area contributed by atoms with Crippen molar-refractivity contribution in [3.8, 4) is 0 Å². The summed E-state index contributed by atoms with van der Waals surface area (Å²) in [7, 11) is 2.63. The number of nitrogens with one attached hydrogen (secondary N) is 7. The monoisotopic (exact) mass is 945 g/mol. The lowest BCUT2D eigenvalue weighted by Crippen LogP contribution is -2.60. The third kappa shape index (κ3) is 22.3. The van der Waals surface area contributed by atoms with Crippen LogP contribution < -0.4 is 37.2 Å². The zero-order valence-corrected chi connectivity index (χ0v) is 42.1. The molecule has 7 N–H and O–H groups in total. The molecule has 1 rings (SSSR count). The van der Waals surface area contributed by atoms with Gasteiger partial charge in [-0.25, -0.2) is 0 Å². The third-order valence-electron chi connectivity index (χ3n) is 10.6. The van der Waals surface area contributed by atoms with Gasteiger partial charge in [0.05, 0.1) is 25.3 Å². The van der Waals surface area contributed by atoms with E-state index in [1.165, 1.54) is 41.3 Å². The van der Waals surface area contributed by atoms with Crippen LogP contribution in [0.4, 0.5) is 0 Å². The molecule has 7 atom stereocenters. The Hall–Kier alpha value is -5.43. The van der Waals surface area contributed by atoms with E-state index in [1.54, 1.807) is 19.1 Å². The highest BCUT2D eigenvalue weighted by molar-refractivity contribution is 6.38. The number of Topliss-reactive ketones (excluding diaryl/α,β-unsaturated/α-hetero) is 1. The van der Waals surface area contributed by atoms with Crippen LogP contribution in [0.3, 0.4) is 0 Å². The summed E-state index contributed by atoms with van der Waals surface area (Å²) in [4.78, 5) is 119. The van der Waals surface area contributed by atoms with E-state index in [1.807, 2.05) is 53.7 Å². The van der Waals surface area contributed by atoms with E-state index in [0.717, 1.165) is 36.1 Å². The van der Waals surface area contributed by atoms with Crippen molar-refractivity contribution in [2.75, 3.05) is 40.5 Å². The van der Waals surface area contributed by atoms with Crippen LogP contribution in [-0.2, 0) is 54.3 Å². The van der Waals surface area contributed by atoms with Gasteiger partial charge in [0.1, 0.15) is 30.2 Å². The Kier molecular flexibility index (Phi) is 27.4. The Morgan fingerprint density at radius 2 is 1.16 bits per heavy atom. The summed E-state index contributed by atoms with van der Waals surface area (Å²) >= 11 is 0. The second kappa shape index (κ2) is 30.8. The van der Waals surface area contributed by atoms with Crippen LogP contribution in [-0.4, -0.2) is 141 Å². The number of hydrogen-bond donors (Lipinski definition) is 7. The fourth-order valence-electron chi connectivity index (χ4n) is 6.60. The number of amides is 8. The predicted octanol–water partition coefficient (Wildman–Crippen LogP) is 1.94. The Labute approximate surface area is 397 Å². The first-order chi connectivity index (χ1) is 31.4. The average molecular weight is 945 g/mol. The highest BCUT2D eigenvalue weighted by Gasteiger charge is 2.36. The number of hydrogen-bond acceptors (Lipinski definition) is 11. The molecule has 0 aliphatic carbocycles. The number of benzene rings is 1. The minimum atomic E-state index is -1.29. The van der Waals surface area contributed by atoms with Crippen LogP contribution in [0.1, 0.15) is 124 Å². The van der Waals surface area contributed by atoms with Gasteiger partial charge < -0.3 is 51.6 Å². The van der Waals surface area contributed by atoms with Crippen LogP contribution >= 0.6 is 0 Å². The first kappa shape index (κ1) is 59.6. The molecule has 0 bridgehead atoms. The molecule has 0 saturated heterocycles. The standard InChI is InChI=1S/C48H80N8O11/c1-14-15-16-17-18-35-19-21-36(22-20-35)44(61)55-38(27-66-25-29(4)5)46(63)52-32(9)42(59)50-24-39(57)56(13)40(34(11)67-26-30(6)7)47(64)53-33(10)43(60)54-37(23-28(2)3)45(62)51-31(8)41(58)48(65)49-12/h19-22,28-34,37-38,40H,14-18,23-27H2,1-13H3,(H,49,65)(H,50,59)(H,51,62)(H,52,63)(H,53,64)(H,54,60)(H,55,61). The number of nitrogens with zero attached hydrogens (tertiary/aromatic N) is 1. The molecular formula is C48H80N8O11. The van der Waals surface area contributed by atoms with Gasteiger partial charge >= 0.3 is 0 Å². The zero-order valence-electron chi connectivity index (χ0n) is 42.1. The number of carbonyl (C=O) groups excluding carboxylic acids is 9. The van der Waals surface area contributed by atoms with Gasteiger partial charge in [-0.15, -0.1) is 0 Å². The van der Waals surface area contributed by atoms with E-state index in [-0.39, 0.29) is 37.4 Å². The number of likely N-dealkylation sites (N-methyl/N-ethyl adjacent to an activating group) is 2. The average Bonchev–Trinajstić information content (AvgIpc) is 3.27. The summed E-state index contributed by atoms with van der Waals surface area (Å²) in [6, 6.07) is 0.0967. The third-order valence-corrected chi connectivity index (χ3v) is 10.6. The van der Waals surface area contributed by atoms with Crippen molar-refractivity contribution in [2.24, 2.45) is 17.8 Å². The molecule has 0 aromatic heterocycles. The number of unbranched alkanes of at least 4 members (excludes halogenated alkanes) is 3. The molecule has 0 aliphatic rings. The minimum Gasteiger partial charge on any atom is -0.378 e. The van der Waals surface area contributed by atoms with Crippen LogP contribution in [0.25, 0.3) is 0 Å². The first-order valence-corrected chi connectivity index (χ1v) is 23.5. The number of aryl methyl sites for hydroxylation is 1. The van der Waals surface area contributed by atoms with Gasteiger partial charge in [0.15, 0.2) is 0 Å². The highest BCUT2D eigenvalue weighted by Crippen LogP contribution is 2.13. The quantitative estimate of drug-likeness (QED) is 0.0418. The minimum absolute atomic E-state index is 0.0670. The van der Waals surface area contributed by atoms with Crippen molar-refractivity contribution in [2.45, 2.75) is 157 Å². The van der Waals surface area contributed by atoms with Gasteiger partial charge in [-0.3, -0.25) is 43.2 Å². The molecule has 1 aromatic carbocycles. The van der Waals surface area contributed by atoms with Gasteiger partial charge in [0.2, 0.25) is 41.2 Å². The van der Waals surface area contributed by atoms with E-state index >= 15 is 0 Å². The lowest BCUT2D eigenvalue weighted by atomic mass is 10.0. The summed E-state index contributed by atoms with van der Waals surface area (Å²) in [5, 5.41) is 17.7. The lowest BCUT2D eigenvalue weighted by molar-refractivity contribution is -0.146. The van der Waals surface area contributed by atoms with Crippen molar-refractivity contribution in [3.05, 3.63) is 35.4 Å². The van der Waals surface area contributed by atoms with Gasteiger partial charge in [0.25, 0.3) is 11.8 Å². The topological polar surface area (TPSA) is 260 Å². The van der Waals surface area contributed by atoms with E-state index in [4.69, 9.17) is 9.47 Å². The fourth-order valence-corrected chi connectivity index (χ4v) is 6.60. The molecule has 67 heavy (non-hydrogen) atoms. The largest absolute Gasteiger partial charge is 0.378 e. The molecule has 19 nitrogen and oxygen atoms in total. The maximum Gasteiger partial charge on any atom is 0.289 e. The lowest BCUT2D eigenvalue weighted by Gasteiger charge is -2.33. The molecule has 1 aromatic rings. The molecule has 8 amide bonds. The van der Waals surface area contributed by atoms with Crippen molar-refractivity contribution < 1.29 is 52.6 Å². The Morgan fingerprint density at radius 1 is 0.597 bits per heavy atom. The maximum absolute atomic E-state index is 13.9. The molecule has 0 saturated carbocycles. The smallest absolute Gasteiger partial charge is 0.289 e. The summed E-state index contributed by atoms with van der Waals surface area (Å²) in [6.45, 7) is 19.1. The first-order valence-electron chi connectivity index (χ1n) is 23.5. The van der Waals surface area contributed by atoms with Crippen molar-refractivity contribution >= 4 is 53.0 Å². The molecule has 7 unspecified atom stereocenters. The Balaban J connectivity index is 3.08. The summed E-state index contributed by atoms with van der Waals surface area (Å²) in [5.74, 6) is -6.40. The molecule has 378 valence electrons. The number of carbonyl (C=O) groups is 9. The van der Waals surface area contributed by atoms with Crippen LogP contribution in [0, 0.1) is 17.8 Å². The maximum atomic E-state index is 13.9. The van der Waals surface area contributed by atoms with E-state index in [9.17, 15) is 43.2 Å². The van der Waals surface area contributed by atoms with Crippen molar-refractivity contribution in [1.29, 1.82) is 0 Å². The Morgan fingerprint density at radius 3 is 1.73 bits per heavy atom. The molecule has 0 radical (unpaired) electrons. The van der Waals surface area contributed by atoms with Gasteiger partial charge in [-0.2, -0.15) is 0 Å². The predicted molar refractivity (Wildman–Crippen MR) is 254 cm³/mol. The van der Waals surface area contributed by atoms with Crippen LogP contribution in [0.15, 0.2) is 24.3 Å². The van der Waals surface area contributed by atoms with Gasteiger partial charge in [-0.1, -0.05) is 79.9 Å². The van der Waals surface area contributed by atoms with E-state index in [2.05, 4.69) is 44.1 Å². The molecular weight excluding hydrogens is 865 g/mol. The van der Waals surface area contributed by atoms with Crippen LogP contribution in [0.5, 0.6) is 0 Å². The normalized spacial score (nSPS) is 14.4. The highest BCUT2D eigenvalue weighted by atomic mass is 16.5. The summed E-state index contributed by atoms with van der Waals surface area (Å²) in [5.41, 5.74) is 1.47. The van der Waals surface area contributed by atoms with Gasteiger partial charge in [0, 0.05) is 32.9 Å². The van der Waals surface area contributed by atoms with Gasteiger partial charge in [-0.05, 0) is 82.4 Å². The van der Waals surface area contributed by atoms with Crippen LogP contribution in [0.2, 0.25) is 0 Å². The van der Waals surface area contributed by atoms with Crippen molar-refractivity contribution in [3.63, 3.8) is 0 Å². The molecule has 0 fully saturated rings. The van der Waals surface area contributed by atoms with E-state index in [0.29, 0.717) is 12.2 Å². The molecule has 0 spiro atoms.